The molecular formula is C13H27N. The summed E-state index contributed by atoms with van der Waals surface area (Å²) in [5.74, 6) is 0.779. The number of allylic oxidation sites excluding steroid dienone is 1. The van der Waals surface area contributed by atoms with Gasteiger partial charge in [0, 0.05) is 5.54 Å². The fourth-order valence-electron chi connectivity index (χ4n) is 1.49. The van der Waals surface area contributed by atoms with E-state index in [1.54, 1.807) is 0 Å². The quantitative estimate of drug-likeness (QED) is 0.523. The highest BCUT2D eigenvalue weighted by Crippen LogP contribution is 2.10. The number of nitrogens with one attached hydrogen (secondary N) is 1. The normalized spacial score (nSPS) is 13.8. The highest BCUT2D eigenvalue weighted by Gasteiger charge is 2.06. The minimum absolute atomic E-state index is 0.250. The van der Waals surface area contributed by atoms with E-state index < -0.39 is 0 Å². The lowest BCUT2D eigenvalue weighted by molar-refractivity contribution is 0.431. The van der Waals surface area contributed by atoms with Crippen molar-refractivity contribution in [1.29, 1.82) is 0 Å². The van der Waals surface area contributed by atoms with Gasteiger partial charge in [-0.25, -0.2) is 0 Å². The number of hydrogen-bond donors (Lipinski definition) is 1. The summed E-state index contributed by atoms with van der Waals surface area (Å²) < 4.78 is 0. The second-order valence-corrected chi connectivity index (χ2v) is 5.61. The van der Waals surface area contributed by atoms with Crippen molar-refractivity contribution in [3.8, 4) is 0 Å². The van der Waals surface area contributed by atoms with Gasteiger partial charge in [-0.05, 0) is 53.0 Å². The van der Waals surface area contributed by atoms with Crippen molar-refractivity contribution in [3.05, 3.63) is 11.6 Å². The van der Waals surface area contributed by atoms with Crippen LogP contribution in [-0.4, -0.2) is 12.1 Å². The largest absolute Gasteiger partial charge is 0.312 e. The summed E-state index contributed by atoms with van der Waals surface area (Å²) in [4.78, 5) is 0. The van der Waals surface area contributed by atoms with E-state index in [0.717, 1.165) is 18.9 Å². The molecule has 0 saturated carbocycles. The first kappa shape index (κ1) is 13.7. The maximum atomic E-state index is 3.49. The van der Waals surface area contributed by atoms with Crippen LogP contribution in [-0.2, 0) is 0 Å². The molecule has 0 aliphatic rings. The van der Waals surface area contributed by atoms with Crippen LogP contribution in [0, 0.1) is 5.92 Å². The average Bonchev–Trinajstić information content (AvgIpc) is 1.95. The molecule has 0 aromatic heterocycles. The maximum absolute atomic E-state index is 3.49. The fourth-order valence-corrected chi connectivity index (χ4v) is 1.49. The van der Waals surface area contributed by atoms with Crippen molar-refractivity contribution in [3.63, 3.8) is 0 Å². The van der Waals surface area contributed by atoms with E-state index in [1.165, 1.54) is 12.0 Å². The second kappa shape index (κ2) is 6.23. The molecule has 0 aliphatic carbocycles. The molecule has 0 rings (SSSR count). The SMILES string of the molecule is CC(=CCCNC(C)(C)C)CC(C)C. The lowest BCUT2D eigenvalue weighted by Gasteiger charge is -2.19. The molecule has 0 fully saturated rings. The molecule has 84 valence electrons. The van der Waals surface area contributed by atoms with Crippen molar-refractivity contribution in [2.75, 3.05) is 6.54 Å². The van der Waals surface area contributed by atoms with Gasteiger partial charge in [-0.1, -0.05) is 25.5 Å². The molecule has 0 amide bonds. The Balaban J connectivity index is 3.61. The van der Waals surface area contributed by atoms with Gasteiger partial charge in [-0.2, -0.15) is 0 Å². The van der Waals surface area contributed by atoms with E-state index in [1.807, 2.05) is 0 Å². The van der Waals surface area contributed by atoms with E-state index in [-0.39, 0.29) is 5.54 Å². The molecule has 0 spiro atoms. The number of hydrogen-bond acceptors (Lipinski definition) is 1. The van der Waals surface area contributed by atoms with Gasteiger partial charge >= 0.3 is 0 Å². The Morgan fingerprint density at radius 1 is 1.29 bits per heavy atom. The summed E-state index contributed by atoms with van der Waals surface area (Å²) in [6, 6.07) is 0. The van der Waals surface area contributed by atoms with Gasteiger partial charge < -0.3 is 5.32 Å². The van der Waals surface area contributed by atoms with Gasteiger partial charge in [-0.15, -0.1) is 0 Å². The summed E-state index contributed by atoms with van der Waals surface area (Å²) in [6.07, 6.45) is 4.74. The zero-order valence-corrected chi connectivity index (χ0v) is 10.8. The molecule has 0 aliphatic heterocycles. The Morgan fingerprint density at radius 3 is 2.29 bits per heavy atom. The van der Waals surface area contributed by atoms with E-state index in [9.17, 15) is 0 Å². The third-order valence-electron chi connectivity index (χ3n) is 2.02. The molecule has 0 aromatic carbocycles. The zero-order valence-electron chi connectivity index (χ0n) is 10.8. The zero-order chi connectivity index (χ0) is 11.2. The van der Waals surface area contributed by atoms with Crippen molar-refractivity contribution in [2.24, 2.45) is 5.92 Å². The predicted octanol–water partition coefficient (Wildman–Crippen LogP) is 3.76. The van der Waals surface area contributed by atoms with Gasteiger partial charge in [-0.3, -0.25) is 0 Å². The monoisotopic (exact) mass is 197 g/mol. The van der Waals surface area contributed by atoms with Gasteiger partial charge in [0.1, 0.15) is 0 Å². The first-order valence-electron chi connectivity index (χ1n) is 5.72. The Hall–Kier alpha value is -0.300. The average molecular weight is 197 g/mol. The Morgan fingerprint density at radius 2 is 1.86 bits per heavy atom. The van der Waals surface area contributed by atoms with Gasteiger partial charge in [0.15, 0.2) is 0 Å². The molecule has 0 radical (unpaired) electrons. The van der Waals surface area contributed by atoms with Crippen LogP contribution in [0.25, 0.3) is 0 Å². The van der Waals surface area contributed by atoms with Crippen LogP contribution in [0.5, 0.6) is 0 Å². The minimum atomic E-state index is 0.250. The predicted molar refractivity (Wildman–Crippen MR) is 65.6 cm³/mol. The molecule has 1 nitrogen and oxygen atoms in total. The second-order valence-electron chi connectivity index (χ2n) is 5.61. The fraction of sp³-hybridized carbons (Fsp3) is 0.846. The standard InChI is InChI=1S/C13H27N/c1-11(2)10-12(3)8-7-9-14-13(4,5)6/h8,11,14H,7,9-10H2,1-6H3. The Kier molecular flexibility index (Phi) is 6.10. The van der Waals surface area contributed by atoms with Crippen LogP contribution in [0.15, 0.2) is 11.6 Å². The van der Waals surface area contributed by atoms with Crippen molar-refractivity contribution in [2.45, 2.75) is 59.9 Å². The van der Waals surface area contributed by atoms with Crippen LogP contribution in [0.3, 0.4) is 0 Å². The topological polar surface area (TPSA) is 12.0 Å². The first-order valence-corrected chi connectivity index (χ1v) is 5.72. The van der Waals surface area contributed by atoms with Crippen LogP contribution in [0.4, 0.5) is 0 Å². The van der Waals surface area contributed by atoms with Crippen molar-refractivity contribution in [1.82, 2.24) is 5.32 Å². The minimum Gasteiger partial charge on any atom is -0.312 e. The maximum Gasteiger partial charge on any atom is 0.00966 e. The first-order chi connectivity index (χ1) is 6.31. The molecule has 0 bridgehead atoms. The van der Waals surface area contributed by atoms with Crippen molar-refractivity contribution < 1.29 is 0 Å². The van der Waals surface area contributed by atoms with E-state index in [0.29, 0.717) is 0 Å². The van der Waals surface area contributed by atoms with E-state index in [4.69, 9.17) is 0 Å². The van der Waals surface area contributed by atoms with Crippen LogP contribution in [0.1, 0.15) is 54.4 Å². The van der Waals surface area contributed by atoms with E-state index >= 15 is 0 Å². The Labute approximate surface area is 90.0 Å². The highest BCUT2D eigenvalue weighted by atomic mass is 14.9. The summed E-state index contributed by atoms with van der Waals surface area (Å²) in [5, 5.41) is 3.49. The number of rotatable bonds is 5. The summed E-state index contributed by atoms with van der Waals surface area (Å²) in [7, 11) is 0. The molecule has 0 saturated heterocycles. The van der Waals surface area contributed by atoms with Crippen molar-refractivity contribution >= 4 is 0 Å². The lowest BCUT2D eigenvalue weighted by atomic mass is 10.0. The molecule has 1 heteroatoms. The molecule has 1 N–H and O–H groups in total. The van der Waals surface area contributed by atoms with Gasteiger partial charge in [0.25, 0.3) is 0 Å². The van der Waals surface area contributed by atoms with Gasteiger partial charge in [0.05, 0.1) is 0 Å². The summed E-state index contributed by atoms with van der Waals surface area (Å²) in [5.41, 5.74) is 1.77. The summed E-state index contributed by atoms with van der Waals surface area (Å²) >= 11 is 0. The lowest BCUT2D eigenvalue weighted by Crippen LogP contribution is -2.36. The summed E-state index contributed by atoms with van der Waals surface area (Å²) in [6.45, 7) is 14.5. The molecule has 0 unspecified atom stereocenters. The van der Waals surface area contributed by atoms with Crippen LogP contribution < -0.4 is 5.32 Å². The highest BCUT2D eigenvalue weighted by molar-refractivity contribution is 4.98. The molecular weight excluding hydrogens is 170 g/mol. The van der Waals surface area contributed by atoms with Gasteiger partial charge in [0.2, 0.25) is 0 Å². The van der Waals surface area contributed by atoms with Crippen LogP contribution in [0.2, 0.25) is 0 Å². The van der Waals surface area contributed by atoms with E-state index in [2.05, 4.69) is 52.9 Å². The smallest absolute Gasteiger partial charge is 0.00966 e. The third kappa shape index (κ3) is 9.79. The molecule has 14 heavy (non-hydrogen) atoms. The molecule has 0 aromatic rings. The molecule has 0 heterocycles. The third-order valence-corrected chi connectivity index (χ3v) is 2.02. The molecule has 0 atom stereocenters. The van der Waals surface area contributed by atoms with Crippen LogP contribution >= 0.6 is 0 Å². The Bertz CT molecular complexity index is 172.